The molecule has 0 aliphatic carbocycles. The van der Waals surface area contributed by atoms with Crippen LogP contribution in [0.2, 0.25) is 0 Å². The number of halogens is 2. The molecule has 28 heavy (non-hydrogen) atoms. The minimum absolute atomic E-state index is 0.163. The lowest BCUT2D eigenvalue weighted by Crippen LogP contribution is -2.20. The lowest BCUT2D eigenvalue weighted by Gasteiger charge is -2.21. The van der Waals surface area contributed by atoms with Crippen molar-refractivity contribution in [3.63, 3.8) is 0 Å². The molecule has 0 atom stereocenters. The van der Waals surface area contributed by atoms with Crippen molar-refractivity contribution < 1.29 is 18.3 Å². The number of aryl methyl sites for hydroxylation is 1. The maximum Gasteiger partial charge on any atom is 0.310 e. The van der Waals surface area contributed by atoms with Gasteiger partial charge in [0.1, 0.15) is 19.0 Å². The number of aromatic nitrogens is 2. The molecule has 0 fully saturated rings. The summed E-state index contributed by atoms with van der Waals surface area (Å²) in [5, 5.41) is 3.07. The average Bonchev–Trinajstić information content (AvgIpc) is 2.68. The molecule has 6 nitrogen and oxygen atoms in total. The van der Waals surface area contributed by atoms with Gasteiger partial charge in [-0.15, -0.1) is 0 Å². The molecular weight excluding hydrogens is 368 g/mol. The third kappa shape index (κ3) is 3.66. The Kier molecular flexibility index (Phi) is 4.68. The first-order valence-electron chi connectivity index (χ1n) is 8.68. The normalized spacial score (nSPS) is 12.7. The van der Waals surface area contributed by atoms with Crippen molar-refractivity contribution in [3.8, 4) is 11.5 Å². The lowest BCUT2D eigenvalue weighted by atomic mass is 10.1. The van der Waals surface area contributed by atoms with Crippen LogP contribution in [0.4, 0.5) is 20.4 Å². The molecule has 1 aliphatic heterocycles. The fourth-order valence-electron chi connectivity index (χ4n) is 2.92. The molecule has 0 saturated carbocycles. The summed E-state index contributed by atoms with van der Waals surface area (Å²) in [4.78, 5) is 15.6. The number of hydrogen-bond donors (Lipinski definition) is 1. The first-order valence-corrected chi connectivity index (χ1v) is 8.68. The molecule has 1 aromatic heterocycles. The minimum atomic E-state index is -0.966. The van der Waals surface area contributed by atoms with Crippen molar-refractivity contribution in [2.45, 2.75) is 13.5 Å². The molecule has 0 amide bonds. The fourth-order valence-corrected chi connectivity index (χ4v) is 2.92. The SMILES string of the molecule is Cc1cc2c(cc1Nc1nc(=O)c(F)cn1Cc1ccc(F)cc1)OCCO2. The zero-order chi connectivity index (χ0) is 19.7. The van der Waals surface area contributed by atoms with Crippen molar-refractivity contribution in [2.24, 2.45) is 0 Å². The topological polar surface area (TPSA) is 65.4 Å². The molecule has 4 rings (SSSR count). The van der Waals surface area contributed by atoms with Crippen molar-refractivity contribution >= 4 is 11.6 Å². The van der Waals surface area contributed by atoms with Crippen molar-refractivity contribution in [1.29, 1.82) is 0 Å². The van der Waals surface area contributed by atoms with Crippen molar-refractivity contribution in [1.82, 2.24) is 9.55 Å². The summed E-state index contributed by atoms with van der Waals surface area (Å²) >= 11 is 0. The molecule has 144 valence electrons. The van der Waals surface area contributed by atoms with Crippen LogP contribution in [0.3, 0.4) is 0 Å². The quantitative estimate of drug-likeness (QED) is 0.746. The third-order valence-corrected chi connectivity index (χ3v) is 4.35. The monoisotopic (exact) mass is 385 g/mol. The maximum atomic E-state index is 13.8. The second kappa shape index (κ2) is 7.30. The number of ether oxygens (including phenoxy) is 2. The Morgan fingerprint density at radius 2 is 1.79 bits per heavy atom. The van der Waals surface area contributed by atoms with E-state index in [0.29, 0.717) is 30.4 Å². The Labute approximate surface area is 159 Å². The summed E-state index contributed by atoms with van der Waals surface area (Å²) < 4.78 is 39.6. The Morgan fingerprint density at radius 1 is 1.11 bits per heavy atom. The highest BCUT2D eigenvalue weighted by molar-refractivity contribution is 5.64. The summed E-state index contributed by atoms with van der Waals surface area (Å²) in [6, 6.07) is 9.39. The molecular formula is C20H17F2N3O3. The summed E-state index contributed by atoms with van der Waals surface area (Å²) in [6.45, 7) is 3.00. The fraction of sp³-hybridized carbons (Fsp3) is 0.200. The van der Waals surface area contributed by atoms with Gasteiger partial charge in [-0.2, -0.15) is 9.37 Å². The van der Waals surface area contributed by atoms with Crippen LogP contribution >= 0.6 is 0 Å². The highest BCUT2D eigenvalue weighted by Crippen LogP contribution is 2.36. The Bertz CT molecular complexity index is 1080. The molecule has 0 saturated heterocycles. The van der Waals surface area contributed by atoms with E-state index in [0.717, 1.165) is 17.3 Å². The van der Waals surface area contributed by atoms with Gasteiger partial charge in [-0.05, 0) is 36.2 Å². The number of hydrogen-bond acceptors (Lipinski definition) is 5. The molecule has 0 radical (unpaired) electrons. The summed E-state index contributed by atoms with van der Waals surface area (Å²) in [5.41, 5.74) is 1.26. The van der Waals surface area contributed by atoms with Gasteiger partial charge in [0, 0.05) is 18.0 Å². The molecule has 0 unspecified atom stereocenters. The first-order chi connectivity index (χ1) is 13.5. The van der Waals surface area contributed by atoms with Crippen molar-refractivity contribution in [2.75, 3.05) is 18.5 Å². The second-order valence-corrected chi connectivity index (χ2v) is 6.41. The van der Waals surface area contributed by atoms with E-state index >= 15 is 0 Å². The Hall–Kier alpha value is -3.42. The number of benzene rings is 2. The van der Waals surface area contributed by atoms with Crippen LogP contribution in [0.5, 0.6) is 11.5 Å². The second-order valence-electron chi connectivity index (χ2n) is 6.41. The number of fused-ring (bicyclic) bond motifs is 1. The Balaban J connectivity index is 1.70. The van der Waals surface area contributed by atoms with Gasteiger partial charge in [0.05, 0.1) is 6.54 Å². The predicted octanol–water partition coefficient (Wildman–Crippen LogP) is 3.39. The smallest absolute Gasteiger partial charge is 0.310 e. The summed E-state index contributed by atoms with van der Waals surface area (Å²) in [6.07, 6.45) is 1.08. The van der Waals surface area contributed by atoms with E-state index in [9.17, 15) is 13.6 Å². The third-order valence-electron chi connectivity index (χ3n) is 4.35. The van der Waals surface area contributed by atoms with E-state index in [1.54, 1.807) is 18.2 Å². The highest BCUT2D eigenvalue weighted by Gasteiger charge is 2.16. The van der Waals surface area contributed by atoms with Crippen LogP contribution in [0.1, 0.15) is 11.1 Å². The van der Waals surface area contributed by atoms with Crippen LogP contribution in [0.15, 0.2) is 47.4 Å². The van der Waals surface area contributed by atoms with Crippen LogP contribution in [0.25, 0.3) is 0 Å². The zero-order valence-electron chi connectivity index (χ0n) is 15.0. The van der Waals surface area contributed by atoms with E-state index in [1.807, 2.05) is 13.0 Å². The molecule has 8 heteroatoms. The van der Waals surface area contributed by atoms with Gasteiger partial charge in [-0.3, -0.25) is 4.79 Å². The summed E-state index contributed by atoms with van der Waals surface area (Å²) in [7, 11) is 0. The molecule has 2 aromatic carbocycles. The molecule has 1 aliphatic rings. The van der Waals surface area contributed by atoms with Crippen molar-refractivity contribution in [3.05, 3.63) is 75.7 Å². The number of rotatable bonds is 4. The van der Waals surface area contributed by atoms with Crippen LogP contribution in [-0.2, 0) is 6.54 Å². The van der Waals surface area contributed by atoms with Gasteiger partial charge < -0.3 is 19.4 Å². The highest BCUT2D eigenvalue weighted by atomic mass is 19.1. The van der Waals surface area contributed by atoms with E-state index in [-0.39, 0.29) is 18.3 Å². The molecule has 0 spiro atoms. The largest absolute Gasteiger partial charge is 0.486 e. The molecule has 2 heterocycles. The van der Waals surface area contributed by atoms with Gasteiger partial charge in [0.25, 0.3) is 0 Å². The van der Waals surface area contributed by atoms with E-state index < -0.39 is 11.4 Å². The zero-order valence-corrected chi connectivity index (χ0v) is 15.0. The van der Waals surface area contributed by atoms with E-state index in [1.165, 1.54) is 16.7 Å². The Morgan fingerprint density at radius 3 is 2.50 bits per heavy atom. The van der Waals surface area contributed by atoms with Gasteiger partial charge in [0.15, 0.2) is 11.5 Å². The maximum absolute atomic E-state index is 13.8. The standard InChI is InChI=1S/C20H17F2N3O3/c1-12-8-17-18(28-7-6-27-17)9-16(12)23-20-24-19(26)15(22)11-25(20)10-13-2-4-14(21)5-3-13/h2-5,8-9,11H,6-7,10H2,1H3,(H,23,24,26). The van der Waals surface area contributed by atoms with Crippen LogP contribution in [-0.4, -0.2) is 22.8 Å². The molecule has 1 N–H and O–H groups in total. The van der Waals surface area contributed by atoms with Gasteiger partial charge in [0.2, 0.25) is 11.8 Å². The van der Waals surface area contributed by atoms with Crippen LogP contribution < -0.4 is 20.3 Å². The molecule has 0 bridgehead atoms. The van der Waals surface area contributed by atoms with Gasteiger partial charge >= 0.3 is 5.56 Å². The van der Waals surface area contributed by atoms with E-state index in [2.05, 4.69) is 10.3 Å². The molecule has 3 aromatic rings. The average molecular weight is 385 g/mol. The lowest BCUT2D eigenvalue weighted by molar-refractivity contribution is 0.171. The van der Waals surface area contributed by atoms with Gasteiger partial charge in [-0.1, -0.05) is 12.1 Å². The minimum Gasteiger partial charge on any atom is -0.486 e. The van der Waals surface area contributed by atoms with E-state index in [4.69, 9.17) is 9.47 Å². The first kappa shape index (κ1) is 18.0. The van der Waals surface area contributed by atoms with Crippen LogP contribution in [0, 0.1) is 18.6 Å². The number of nitrogens with zero attached hydrogens (tertiary/aromatic N) is 2. The number of nitrogens with one attached hydrogen (secondary N) is 1. The predicted molar refractivity (Wildman–Crippen MR) is 99.4 cm³/mol. The number of anilines is 2. The summed E-state index contributed by atoms with van der Waals surface area (Å²) in [5.74, 6) is 0.0548. The van der Waals surface area contributed by atoms with Gasteiger partial charge in [-0.25, -0.2) is 4.39 Å².